The van der Waals surface area contributed by atoms with Gasteiger partial charge < -0.3 is 29.7 Å². The van der Waals surface area contributed by atoms with Gasteiger partial charge in [-0.25, -0.2) is 14.5 Å². The number of imidazole rings is 1. The number of carbonyl (C=O) groups excluding carboxylic acids is 1. The van der Waals surface area contributed by atoms with E-state index in [1.165, 1.54) is 10.9 Å². The SMILES string of the molecule is CC(C)OC(=O)[C@H](C)N[P@@](=S)(Oc1cccc2ccccc12)OC1[C@@]2(CCl)O[C@@H](n3cnc4c(N(C)C)nc(N)nc43)[C@H](F)[C@@]12O. The Morgan fingerprint density at radius 2 is 1.98 bits per heavy atom. The average Bonchev–Trinajstić information content (AvgIpc) is 3.23. The molecule has 2 aliphatic rings. The molecule has 0 spiro atoms. The van der Waals surface area contributed by atoms with Crippen molar-refractivity contribution >= 4 is 69.7 Å². The van der Waals surface area contributed by atoms with Crippen LogP contribution < -0.4 is 20.2 Å². The number of esters is 1. The van der Waals surface area contributed by atoms with E-state index in [9.17, 15) is 9.90 Å². The Morgan fingerprint density at radius 3 is 2.65 bits per heavy atom. The minimum absolute atomic E-state index is 0.0500. The van der Waals surface area contributed by atoms with E-state index in [-0.39, 0.29) is 23.6 Å². The van der Waals surface area contributed by atoms with E-state index in [1.54, 1.807) is 51.9 Å². The highest BCUT2D eigenvalue weighted by molar-refractivity contribution is 8.09. The van der Waals surface area contributed by atoms with Gasteiger partial charge in [-0.15, -0.1) is 11.6 Å². The number of nitrogens with one attached hydrogen (secondary N) is 1. The maximum atomic E-state index is 16.5. The number of hydrogen-bond acceptors (Lipinski definition) is 12. The zero-order valence-corrected chi connectivity index (χ0v) is 28.1. The molecular formula is C29H34ClFN7O6PS. The summed E-state index contributed by atoms with van der Waals surface area (Å²) in [7, 11) is 3.52. The monoisotopic (exact) mass is 693 g/mol. The molecular weight excluding hydrogens is 660 g/mol. The number of rotatable bonds is 11. The second-order valence-electron chi connectivity index (χ2n) is 11.8. The predicted molar refractivity (Wildman–Crippen MR) is 175 cm³/mol. The van der Waals surface area contributed by atoms with E-state index in [0.29, 0.717) is 17.1 Å². The van der Waals surface area contributed by atoms with Crippen LogP contribution in [-0.2, 0) is 30.6 Å². The molecule has 17 heteroatoms. The number of hydrogen-bond donors (Lipinski definition) is 3. The first-order valence-corrected chi connectivity index (χ1v) is 17.6. The number of aliphatic hydroxyl groups is 1. The molecule has 4 aromatic rings. The summed E-state index contributed by atoms with van der Waals surface area (Å²) in [6.07, 6.45) is -3.87. The predicted octanol–water partition coefficient (Wildman–Crippen LogP) is 3.84. The highest BCUT2D eigenvalue weighted by Crippen LogP contribution is 2.69. The summed E-state index contributed by atoms with van der Waals surface area (Å²) in [6, 6.07) is 11.9. The Bertz CT molecular complexity index is 1860. The summed E-state index contributed by atoms with van der Waals surface area (Å²) < 4.78 is 42.0. The van der Waals surface area contributed by atoms with Crippen LogP contribution in [-0.4, -0.2) is 86.2 Å². The van der Waals surface area contributed by atoms with E-state index in [2.05, 4.69) is 20.0 Å². The first-order valence-electron chi connectivity index (χ1n) is 14.5. The number of benzene rings is 2. The molecule has 1 aliphatic carbocycles. The lowest BCUT2D eigenvalue weighted by Crippen LogP contribution is -2.38. The highest BCUT2D eigenvalue weighted by Gasteiger charge is 2.89. The Hall–Kier alpha value is -3.17. The van der Waals surface area contributed by atoms with Crippen molar-refractivity contribution in [3.63, 3.8) is 0 Å². The fourth-order valence-corrected chi connectivity index (χ4v) is 8.89. The molecule has 46 heavy (non-hydrogen) atoms. The largest absolute Gasteiger partial charge is 0.462 e. The Labute approximate surface area is 274 Å². The van der Waals surface area contributed by atoms with Gasteiger partial charge >= 0.3 is 12.6 Å². The van der Waals surface area contributed by atoms with E-state index >= 15 is 4.39 Å². The molecule has 1 unspecified atom stereocenters. The topological polar surface area (TPSA) is 159 Å². The van der Waals surface area contributed by atoms with Crippen molar-refractivity contribution in [2.75, 3.05) is 30.6 Å². The van der Waals surface area contributed by atoms with E-state index in [0.717, 1.165) is 10.8 Å². The molecule has 2 aromatic carbocycles. The van der Waals surface area contributed by atoms with Gasteiger partial charge in [0.1, 0.15) is 23.5 Å². The molecule has 13 nitrogen and oxygen atoms in total. The summed E-state index contributed by atoms with van der Waals surface area (Å²) in [6.45, 7) is 1.22. The summed E-state index contributed by atoms with van der Waals surface area (Å²) in [5, 5.41) is 16.4. The zero-order valence-electron chi connectivity index (χ0n) is 25.6. The van der Waals surface area contributed by atoms with Crippen LogP contribution in [0, 0.1) is 0 Å². The molecule has 246 valence electrons. The normalized spacial score (nSPS) is 27.4. The molecule has 0 bridgehead atoms. The zero-order chi connectivity index (χ0) is 33.2. The number of carbonyl (C=O) groups is 1. The second kappa shape index (κ2) is 11.8. The molecule has 6 rings (SSSR count). The molecule has 0 amide bonds. The third-order valence-electron chi connectivity index (χ3n) is 8.01. The molecule has 2 aromatic heterocycles. The van der Waals surface area contributed by atoms with Gasteiger partial charge in [0.25, 0.3) is 0 Å². The standard InChI is InChI=1S/C29H34ClFN7O6PS/c1-15(2)41-25(39)16(3)36-45(46,43-19-12-8-10-17-9-6-7-11-18(17)19)44-26-28(13-30)29(26,40)21(31)24(42-28)38-14-33-20-22(37(4)5)34-27(32)35-23(20)38/h6-12,14-16,21,24,26,40H,13H2,1-5H3,(H,36,46)(H2,32,34,35)/t16-,21-,24+,26?,28+,29+,45+/m0/s1. The van der Waals surface area contributed by atoms with Crippen LogP contribution in [0.15, 0.2) is 48.8 Å². The molecule has 3 heterocycles. The van der Waals surface area contributed by atoms with Gasteiger partial charge in [0.15, 0.2) is 35.0 Å². The van der Waals surface area contributed by atoms with Crippen LogP contribution in [0.2, 0.25) is 0 Å². The van der Waals surface area contributed by atoms with Crippen molar-refractivity contribution in [2.45, 2.75) is 62.6 Å². The molecule has 4 N–H and O–H groups in total. The van der Waals surface area contributed by atoms with Crippen molar-refractivity contribution in [3.05, 3.63) is 48.8 Å². The van der Waals surface area contributed by atoms with Crippen molar-refractivity contribution in [1.82, 2.24) is 24.6 Å². The van der Waals surface area contributed by atoms with Crippen LogP contribution >= 0.6 is 18.2 Å². The van der Waals surface area contributed by atoms with Gasteiger partial charge in [0.05, 0.1) is 18.3 Å². The van der Waals surface area contributed by atoms with Crippen LogP contribution in [0.5, 0.6) is 5.75 Å². The number of fused-ring (bicyclic) bond motifs is 3. The number of nitrogen functional groups attached to an aromatic ring is 1. The number of nitrogens with two attached hydrogens (primary N) is 1. The smallest absolute Gasteiger partial charge is 0.323 e. The summed E-state index contributed by atoms with van der Waals surface area (Å²) in [4.78, 5) is 27.3. The number of ether oxygens (including phenoxy) is 2. The van der Waals surface area contributed by atoms with Crippen LogP contribution in [0.3, 0.4) is 0 Å². The maximum absolute atomic E-state index is 16.5. The van der Waals surface area contributed by atoms with Gasteiger partial charge in [0.2, 0.25) is 5.95 Å². The number of halogens is 2. The fourth-order valence-electron chi connectivity index (χ4n) is 5.74. The van der Waals surface area contributed by atoms with Crippen molar-refractivity contribution in [1.29, 1.82) is 0 Å². The van der Waals surface area contributed by atoms with Gasteiger partial charge in [0, 0.05) is 19.5 Å². The molecule has 1 aliphatic heterocycles. The third-order valence-corrected chi connectivity index (χ3v) is 10.8. The summed E-state index contributed by atoms with van der Waals surface area (Å²) >= 11 is 12.3. The van der Waals surface area contributed by atoms with Gasteiger partial charge in [-0.05, 0) is 44.0 Å². The van der Waals surface area contributed by atoms with Gasteiger partial charge in [-0.3, -0.25) is 13.9 Å². The van der Waals surface area contributed by atoms with Crippen LogP contribution in [0.25, 0.3) is 21.9 Å². The molecule has 1 saturated carbocycles. The molecule has 7 atom stereocenters. The van der Waals surface area contributed by atoms with Gasteiger partial charge in [-0.1, -0.05) is 36.4 Å². The minimum Gasteiger partial charge on any atom is -0.462 e. The fraction of sp³-hybridized carbons (Fsp3) is 0.448. The second-order valence-corrected chi connectivity index (χ2v) is 15.1. The summed E-state index contributed by atoms with van der Waals surface area (Å²) in [5.74, 6) is -0.210. The molecule has 1 saturated heterocycles. The molecule has 2 fully saturated rings. The number of aromatic nitrogens is 4. The van der Waals surface area contributed by atoms with E-state index in [4.69, 9.17) is 47.7 Å². The first kappa shape index (κ1) is 32.8. The number of alkyl halides is 2. The Balaban J connectivity index is 1.33. The third kappa shape index (κ3) is 5.27. The first-order chi connectivity index (χ1) is 21.7. The lowest BCUT2D eigenvalue weighted by atomic mass is 10.1. The lowest BCUT2D eigenvalue weighted by Gasteiger charge is -2.30. The number of nitrogens with zero attached hydrogens (tertiary/aromatic N) is 5. The van der Waals surface area contributed by atoms with Gasteiger partial charge in [-0.2, -0.15) is 9.97 Å². The van der Waals surface area contributed by atoms with Crippen LogP contribution in [0.4, 0.5) is 16.2 Å². The van der Waals surface area contributed by atoms with Crippen molar-refractivity contribution < 1.29 is 32.8 Å². The minimum atomic E-state index is -3.76. The molecule has 0 radical (unpaired) electrons. The Morgan fingerprint density at radius 1 is 1.26 bits per heavy atom. The van der Waals surface area contributed by atoms with Crippen molar-refractivity contribution in [3.8, 4) is 5.75 Å². The Kier molecular flexibility index (Phi) is 8.41. The van der Waals surface area contributed by atoms with Crippen molar-refractivity contribution in [2.24, 2.45) is 0 Å². The van der Waals surface area contributed by atoms with E-state index in [1.807, 2.05) is 30.3 Å². The van der Waals surface area contributed by atoms with Crippen LogP contribution in [0.1, 0.15) is 27.0 Å². The summed E-state index contributed by atoms with van der Waals surface area (Å²) in [5.41, 5.74) is 2.54. The lowest BCUT2D eigenvalue weighted by molar-refractivity contribution is -0.149. The quantitative estimate of drug-likeness (QED) is 0.118. The van der Waals surface area contributed by atoms with E-state index < -0.39 is 48.4 Å². The number of anilines is 2. The maximum Gasteiger partial charge on any atom is 0.323 e. The average molecular weight is 694 g/mol. The highest BCUT2D eigenvalue weighted by atomic mass is 35.5.